The van der Waals surface area contributed by atoms with E-state index in [4.69, 9.17) is 0 Å². The third-order valence-electron chi connectivity index (χ3n) is 5.40. The Bertz CT molecular complexity index is 718. The molecule has 2 heterocycles. The molecule has 0 spiro atoms. The lowest BCUT2D eigenvalue weighted by atomic mass is 9.96. The fourth-order valence-corrected chi connectivity index (χ4v) is 3.92. The maximum absolute atomic E-state index is 13.0. The first-order chi connectivity index (χ1) is 13.6. The number of carbonyl (C=O) groups is 3. The van der Waals surface area contributed by atoms with Crippen molar-refractivity contribution in [2.45, 2.75) is 51.0 Å². The zero-order valence-electron chi connectivity index (χ0n) is 15.8. The molecule has 1 aliphatic heterocycles. The molecule has 150 valence electrons. The summed E-state index contributed by atoms with van der Waals surface area (Å²) in [5.74, 6) is -0.218. The van der Waals surface area contributed by atoms with Crippen LogP contribution in [0.15, 0.2) is 36.8 Å². The monoisotopic (exact) mass is 386 g/mol. The Morgan fingerprint density at radius 1 is 1.29 bits per heavy atom. The zero-order valence-corrected chi connectivity index (χ0v) is 15.8. The number of amides is 3. The molecule has 1 N–H and O–H groups in total. The summed E-state index contributed by atoms with van der Waals surface area (Å²) in [5, 5.41) is 13.3. The van der Waals surface area contributed by atoms with Gasteiger partial charge in [-0.25, -0.2) is 15.1 Å². The molecule has 3 amide bonds. The van der Waals surface area contributed by atoms with Gasteiger partial charge in [0.1, 0.15) is 0 Å². The summed E-state index contributed by atoms with van der Waals surface area (Å²) in [4.78, 5) is 40.8. The topological polar surface area (TPSA) is 94.0 Å². The molecule has 8 heteroatoms. The van der Waals surface area contributed by atoms with Gasteiger partial charge in [0.25, 0.3) is 5.91 Å². The average Bonchev–Trinajstić information content (AvgIpc) is 3.26. The molecule has 1 atom stereocenters. The molecule has 8 nitrogen and oxygen atoms in total. The molecule has 2 aliphatic rings. The SMILES string of the molecule is O=CN(O)C(CC(=O)N1C=CCCN1C(=O)c1ccncc1)CC1CCCC1. The maximum Gasteiger partial charge on any atom is 0.272 e. The number of aromatic nitrogens is 1. The Labute approximate surface area is 164 Å². The fourth-order valence-electron chi connectivity index (χ4n) is 3.92. The number of hydrazine groups is 1. The van der Waals surface area contributed by atoms with Crippen LogP contribution >= 0.6 is 0 Å². The first-order valence-electron chi connectivity index (χ1n) is 9.73. The molecule has 3 rings (SSSR count). The number of hydrogen-bond acceptors (Lipinski definition) is 5. The summed E-state index contributed by atoms with van der Waals surface area (Å²) in [5.41, 5.74) is 0.447. The van der Waals surface area contributed by atoms with Crippen LogP contribution in [0.25, 0.3) is 0 Å². The van der Waals surface area contributed by atoms with Gasteiger partial charge in [-0.3, -0.25) is 24.6 Å². The summed E-state index contributed by atoms with van der Waals surface area (Å²) < 4.78 is 0. The van der Waals surface area contributed by atoms with Crippen LogP contribution in [-0.2, 0) is 9.59 Å². The highest BCUT2D eigenvalue weighted by atomic mass is 16.5. The standard InChI is InChI=1S/C20H26N4O4/c25-15-24(28)18(13-16-5-1-2-6-16)14-19(26)22-11-3-4-12-23(22)20(27)17-7-9-21-10-8-17/h3,7-11,15-16,18,28H,1-2,4-6,12-14H2. The molecule has 28 heavy (non-hydrogen) atoms. The Hall–Kier alpha value is -2.74. The van der Waals surface area contributed by atoms with Crippen LogP contribution in [0.5, 0.6) is 0 Å². The van der Waals surface area contributed by atoms with Crippen LogP contribution in [0, 0.1) is 5.92 Å². The molecule has 0 saturated heterocycles. The minimum atomic E-state index is -0.596. The lowest BCUT2D eigenvalue weighted by Gasteiger charge is -2.36. The van der Waals surface area contributed by atoms with E-state index in [0.29, 0.717) is 42.3 Å². The minimum Gasteiger partial charge on any atom is -0.286 e. The Morgan fingerprint density at radius 2 is 2.00 bits per heavy atom. The van der Waals surface area contributed by atoms with E-state index in [2.05, 4.69) is 4.98 Å². The van der Waals surface area contributed by atoms with Gasteiger partial charge < -0.3 is 0 Å². The van der Waals surface area contributed by atoms with Crippen molar-refractivity contribution in [3.05, 3.63) is 42.4 Å². The molecule has 1 fully saturated rings. The van der Waals surface area contributed by atoms with Crippen molar-refractivity contribution in [2.24, 2.45) is 5.92 Å². The van der Waals surface area contributed by atoms with Crippen LogP contribution in [-0.4, -0.2) is 56.1 Å². The fraction of sp³-hybridized carbons (Fsp3) is 0.500. The number of carbonyl (C=O) groups excluding carboxylic acids is 3. The predicted octanol–water partition coefficient (Wildman–Crippen LogP) is 2.37. The number of hydrogen-bond donors (Lipinski definition) is 1. The van der Waals surface area contributed by atoms with Gasteiger partial charge in [0, 0.05) is 30.7 Å². The zero-order chi connectivity index (χ0) is 19.9. The van der Waals surface area contributed by atoms with Gasteiger partial charge in [-0.05, 0) is 30.9 Å². The number of nitrogens with zero attached hydrogens (tertiary/aromatic N) is 4. The summed E-state index contributed by atoms with van der Waals surface area (Å²) >= 11 is 0. The van der Waals surface area contributed by atoms with E-state index < -0.39 is 6.04 Å². The normalized spacial score (nSPS) is 18.2. The summed E-state index contributed by atoms with van der Waals surface area (Å²) in [7, 11) is 0. The van der Waals surface area contributed by atoms with E-state index >= 15 is 0 Å². The quantitative estimate of drug-likeness (QED) is 0.441. The van der Waals surface area contributed by atoms with E-state index in [1.54, 1.807) is 18.3 Å². The van der Waals surface area contributed by atoms with Crippen molar-refractivity contribution in [3.63, 3.8) is 0 Å². The molecule has 1 saturated carbocycles. The highest BCUT2D eigenvalue weighted by Gasteiger charge is 2.31. The molecule has 0 radical (unpaired) electrons. The maximum atomic E-state index is 13.0. The van der Waals surface area contributed by atoms with Gasteiger partial charge in [0.15, 0.2) is 0 Å². The Morgan fingerprint density at radius 3 is 2.68 bits per heavy atom. The van der Waals surface area contributed by atoms with E-state index in [9.17, 15) is 19.6 Å². The van der Waals surface area contributed by atoms with E-state index in [-0.39, 0.29) is 18.2 Å². The van der Waals surface area contributed by atoms with Gasteiger partial charge >= 0.3 is 0 Å². The lowest BCUT2D eigenvalue weighted by Crippen LogP contribution is -2.50. The van der Waals surface area contributed by atoms with E-state index in [0.717, 1.165) is 25.7 Å². The predicted molar refractivity (Wildman–Crippen MR) is 101 cm³/mol. The van der Waals surface area contributed by atoms with Gasteiger partial charge in [-0.1, -0.05) is 31.8 Å². The third kappa shape index (κ3) is 4.75. The third-order valence-corrected chi connectivity index (χ3v) is 5.40. The van der Waals surface area contributed by atoms with E-state index in [1.165, 1.54) is 22.4 Å². The number of rotatable bonds is 7. The molecule has 0 aromatic carbocycles. The molecule has 1 unspecified atom stereocenters. The lowest BCUT2D eigenvalue weighted by molar-refractivity contribution is -0.166. The summed E-state index contributed by atoms with van der Waals surface area (Å²) in [6, 6.07) is 2.61. The van der Waals surface area contributed by atoms with Crippen molar-refractivity contribution in [1.29, 1.82) is 0 Å². The molecular formula is C20H26N4O4. The van der Waals surface area contributed by atoms with Gasteiger partial charge in [-0.15, -0.1) is 0 Å². The minimum absolute atomic E-state index is 0.0454. The average molecular weight is 386 g/mol. The highest BCUT2D eigenvalue weighted by Crippen LogP contribution is 2.30. The first-order valence-corrected chi connectivity index (χ1v) is 9.73. The van der Waals surface area contributed by atoms with Crippen LogP contribution in [0.4, 0.5) is 0 Å². The van der Waals surface area contributed by atoms with Crippen molar-refractivity contribution in [2.75, 3.05) is 6.54 Å². The second kappa shape index (κ2) is 9.45. The molecule has 1 aromatic rings. The van der Waals surface area contributed by atoms with Crippen molar-refractivity contribution in [1.82, 2.24) is 20.1 Å². The Balaban J connectivity index is 1.71. The molecule has 1 aromatic heterocycles. The largest absolute Gasteiger partial charge is 0.286 e. The summed E-state index contributed by atoms with van der Waals surface area (Å²) in [6.07, 6.45) is 12.4. The van der Waals surface area contributed by atoms with E-state index in [1.807, 2.05) is 6.08 Å². The van der Waals surface area contributed by atoms with Gasteiger partial charge in [0.05, 0.1) is 12.5 Å². The van der Waals surface area contributed by atoms with Crippen molar-refractivity contribution < 1.29 is 19.6 Å². The van der Waals surface area contributed by atoms with Crippen molar-refractivity contribution in [3.8, 4) is 0 Å². The van der Waals surface area contributed by atoms with Gasteiger partial charge in [0.2, 0.25) is 12.3 Å². The van der Waals surface area contributed by atoms with Crippen LogP contribution < -0.4 is 0 Å². The molecular weight excluding hydrogens is 360 g/mol. The Kier molecular flexibility index (Phi) is 6.76. The summed E-state index contributed by atoms with van der Waals surface area (Å²) in [6.45, 7) is 0.382. The molecule has 0 bridgehead atoms. The first kappa shape index (κ1) is 20.0. The highest BCUT2D eigenvalue weighted by molar-refractivity contribution is 5.95. The number of pyridine rings is 1. The van der Waals surface area contributed by atoms with Crippen molar-refractivity contribution >= 4 is 18.2 Å². The second-order valence-electron chi connectivity index (χ2n) is 7.31. The van der Waals surface area contributed by atoms with Crippen LogP contribution in [0.3, 0.4) is 0 Å². The smallest absolute Gasteiger partial charge is 0.272 e. The second-order valence-corrected chi connectivity index (χ2v) is 7.31. The van der Waals surface area contributed by atoms with Crippen LogP contribution in [0.2, 0.25) is 0 Å². The number of hydroxylamine groups is 2. The van der Waals surface area contributed by atoms with Gasteiger partial charge in [-0.2, -0.15) is 0 Å². The molecule has 1 aliphatic carbocycles. The van der Waals surface area contributed by atoms with Crippen LogP contribution in [0.1, 0.15) is 55.3 Å².